The van der Waals surface area contributed by atoms with Gasteiger partial charge in [-0.1, -0.05) is 30.3 Å². The summed E-state index contributed by atoms with van der Waals surface area (Å²) in [6.07, 6.45) is 4.21. The Morgan fingerprint density at radius 3 is 2.87 bits per heavy atom. The van der Waals surface area contributed by atoms with Crippen molar-refractivity contribution >= 4 is 5.91 Å². The molecule has 3 rings (SSSR count). The lowest BCUT2D eigenvalue weighted by molar-refractivity contribution is 0.0906. The quantitative estimate of drug-likeness (QED) is 0.761. The van der Waals surface area contributed by atoms with E-state index in [-0.39, 0.29) is 5.91 Å². The number of carbonyl (C=O) groups excluding carboxylic acids is 1. The third-order valence-corrected chi connectivity index (χ3v) is 4.11. The van der Waals surface area contributed by atoms with Gasteiger partial charge in [-0.15, -0.1) is 0 Å². The van der Waals surface area contributed by atoms with E-state index in [9.17, 15) is 4.79 Å². The van der Waals surface area contributed by atoms with Crippen molar-refractivity contribution < 1.29 is 9.53 Å². The summed E-state index contributed by atoms with van der Waals surface area (Å²) < 4.78 is 7.38. The molecule has 1 aliphatic carbocycles. The zero-order chi connectivity index (χ0) is 16.1. The molecule has 23 heavy (non-hydrogen) atoms. The van der Waals surface area contributed by atoms with E-state index < -0.39 is 0 Å². The van der Waals surface area contributed by atoms with E-state index in [4.69, 9.17) is 4.74 Å². The number of nitrogens with one attached hydrogen (secondary N) is 1. The minimum atomic E-state index is -0.0863. The molecule has 2 aromatic rings. The highest BCUT2D eigenvalue weighted by molar-refractivity contribution is 5.95. The number of rotatable bonds is 8. The second-order valence-corrected chi connectivity index (χ2v) is 6.06. The van der Waals surface area contributed by atoms with Crippen molar-refractivity contribution in [2.24, 2.45) is 5.92 Å². The summed E-state index contributed by atoms with van der Waals surface area (Å²) in [6.45, 7) is 4.52. The van der Waals surface area contributed by atoms with Gasteiger partial charge in [0.05, 0.1) is 24.9 Å². The van der Waals surface area contributed by atoms with Gasteiger partial charge in [-0.3, -0.25) is 9.48 Å². The molecule has 1 amide bonds. The number of carbonyl (C=O) groups is 1. The monoisotopic (exact) mass is 313 g/mol. The number of aromatic nitrogens is 2. The molecule has 0 saturated heterocycles. The number of amides is 1. The molecule has 0 bridgehead atoms. The molecule has 0 atom stereocenters. The molecule has 1 aliphatic rings. The maximum Gasteiger partial charge on any atom is 0.254 e. The first-order valence-corrected chi connectivity index (χ1v) is 8.16. The molecule has 0 radical (unpaired) electrons. The van der Waals surface area contributed by atoms with Crippen LogP contribution in [0.2, 0.25) is 0 Å². The number of hydrogen-bond donors (Lipinski definition) is 1. The molecular formula is C18H23N3O2. The van der Waals surface area contributed by atoms with Crippen LogP contribution in [0.3, 0.4) is 0 Å². The molecule has 122 valence electrons. The third-order valence-electron chi connectivity index (χ3n) is 4.11. The van der Waals surface area contributed by atoms with Crippen LogP contribution in [0.5, 0.6) is 0 Å². The maximum atomic E-state index is 12.2. The van der Waals surface area contributed by atoms with Crippen LogP contribution in [0.1, 0.15) is 34.5 Å². The normalized spacial score (nSPS) is 14.0. The summed E-state index contributed by atoms with van der Waals surface area (Å²) in [5, 5.41) is 7.23. The first kappa shape index (κ1) is 15.7. The fourth-order valence-electron chi connectivity index (χ4n) is 2.45. The highest BCUT2D eigenvalue weighted by atomic mass is 16.5. The summed E-state index contributed by atoms with van der Waals surface area (Å²) in [7, 11) is 0. The van der Waals surface area contributed by atoms with E-state index in [0.29, 0.717) is 25.3 Å². The van der Waals surface area contributed by atoms with Crippen LogP contribution < -0.4 is 5.32 Å². The number of ether oxygens (including phenoxy) is 1. The fourth-order valence-corrected chi connectivity index (χ4v) is 2.45. The predicted molar refractivity (Wildman–Crippen MR) is 88.4 cm³/mol. The second kappa shape index (κ2) is 7.42. The Morgan fingerprint density at radius 2 is 2.13 bits per heavy atom. The Hall–Kier alpha value is -2.14. The summed E-state index contributed by atoms with van der Waals surface area (Å²) in [5.74, 6) is 0.668. The van der Waals surface area contributed by atoms with Crippen molar-refractivity contribution in [1.29, 1.82) is 0 Å². The largest absolute Gasteiger partial charge is 0.379 e. The van der Waals surface area contributed by atoms with Crippen LogP contribution in [0.15, 0.2) is 36.5 Å². The average Bonchev–Trinajstić information content (AvgIpc) is 3.32. The fraction of sp³-hybridized carbons (Fsp3) is 0.444. The van der Waals surface area contributed by atoms with Crippen LogP contribution in [-0.4, -0.2) is 35.4 Å². The van der Waals surface area contributed by atoms with E-state index in [1.807, 2.05) is 29.8 Å². The molecule has 1 saturated carbocycles. The van der Waals surface area contributed by atoms with Gasteiger partial charge in [0.15, 0.2) is 0 Å². The lowest BCUT2D eigenvalue weighted by atomic mass is 10.2. The summed E-state index contributed by atoms with van der Waals surface area (Å²) >= 11 is 0. The van der Waals surface area contributed by atoms with Gasteiger partial charge in [0.25, 0.3) is 5.91 Å². The van der Waals surface area contributed by atoms with E-state index in [0.717, 1.165) is 18.2 Å². The molecule has 0 unspecified atom stereocenters. The zero-order valence-corrected chi connectivity index (χ0v) is 13.5. The molecule has 1 aromatic heterocycles. The summed E-state index contributed by atoms with van der Waals surface area (Å²) in [6, 6.07) is 10.1. The Morgan fingerprint density at radius 1 is 1.35 bits per heavy atom. The Kier molecular flexibility index (Phi) is 5.08. The van der Waals surface area contributed by atoms with Crippen molar-refractivity contribution in [1.82, 2.24) is 15.1 Å². The van der Waals surface area contributed by atoms with Crippen molar-refractivity contribution in [3.63, 3.8) is 0 Å². The van der Waals surface area contributed by atoms with Crippen LogP contribution in [0.4, 0.5) is 0 Å². The lowest BCUT2D eigenvalue weighted by Gasteiger charge is -2.07. The minimum Gasteiger partial charge on any atom is -0.379 e. The predicted octanol–water partition coefficient (Wildman–Crippen LogP) is 2.40. The van der Waals surface area contributed by atoms with Gasteiger partial charge in [0.1, 0.15) is 0 Å². The van der Waals surface area contributed by atoms with Gasteiger partial charge >= 0.3 is 0 Å². The summed E-state index contributed by atoms with van der Waals surface area (Å²) in [5.41, 5.74) is 2.67. The van der Waals surface area contributed by atoms with E-state index >= 15 is 0 Å². The highest BCUT2D eigenvalue weighted by Crippen LogP contribution is 2.28. The van der Waals surface area contributed by atoms with Gasteiger partial charge in [-0.25, -0.2) is 0 Å². The number of nitrogens with zero attached hydrogens (tertiary/aromatic N) is 2. The molecule has 1 fully saturated rings. The zero-order valence-electron chi connectivity index (χ0n) is 13.5. The molecular weight excluding hydrogens is 290 g/mol. The van der Waals surface area contributed by atoms with Gasteiger partial charge in [-0.05, 0) is 31.2 Å². The topological polar surface area (TPSA) is 56.1 Å². The van der Waals surface area contributed by atoms with Gasteiger partial charge in [-0.2, -0.15) is 5.10 Å². The maximum absolute atomic E-state index is 12.2. The SMILES string of the molecule is Cc1c(C(=O)NCCOCC2CC2)cnn1Cc1ccccc1. The van der Waals surface area contributed by atoms with Crippen molar-refractivity contribution in [2.75, 3.05) is 19.8 Å². The Balaban J connectivity index is 1.50. The van der Waals surface area contributed by atoms with Gasteiger partial charge < -0.3 is 10.1 Å². The average molecular weight is 313 g/mol. The molecule has 5 nitrogen and oxygen atoms in total. The molecule has 5 heteroatoms. The lowest BCUT2D eigenvalue weighted by Crippen LogP contribution is -2.27. The van der Waals surface area contributed by atoms with Crippen LogP contribution in [0, 0.1) is 12.8 Å². The van der Waals surface area contributed by atoms with Crippen molar-refractivity contribution in [3.05, 3.63) is 53.3 Å². The van der Waals surface area contributed by atoms with E-state index in [1.54, 1.807) is 6.20 Å². The molecule has 1 aromatic carbocycles. The number of hydrogen-bond acceptors (Lipinski definition) is 3. The van der Waals surface area contributed by atoms with Crippen LogP contribution >= 0.6 is 0 Å². The standard InChI is InChI=1S/C18H23N3O2/c1-14-17(18(22)19-9-10-23-13-16-7-8-16)11-20-21(14)12-15-5-3-2-4-6-15/h2-6,11,16H,7-10,12-13H2,1H3,(H,19,22). The molecule has 1 N–H and O–H groups in total. The Bertz CT molecular complexity index is 648. The van der Waals surface area contributed by atoms with Crippen LogP contribution in [-0.2, 0) is 11.3 Å². The van der Waals surface area contributed by atoms with Gasteiger partial charge in [0.2, 0.25) is 0 Å². The van der Waals surface area contributed by atoms with Gasteiger partial charge in [0, 0.05) is 18.8 Å². The smallest absolute Gasteiger partial charge is 0.254 e. The van der Waals surface area contributed by atoms with Crippen LogP contribution in [0.25, 0.3) is 0 Å². The first-order valence-electron chi connectivity index (χ1n) is 8.16. The molecule has 1 heterocycles. The minimum absolute atomic E-state index is 0.0863. The second-order valence-electron chi connectivity index (χ2n) is 6.06. The molecule has 0 spiro atoms. The van der Waals surface area contributed by atoms with Crippen molar-refractivity contribution in [2.45, 2.75) is 26.3 Å². The van der Waals surface area contributed by atoms with E-state index in [1.165, 1.54) is 18.4 Å². The molecule has 0 aliphatic heterocycles. The Labute approximate surface area is 136 Å². The van der Waals surface area contributed by atoms with Crippen molar-refractivity contribution in [3.8, 4) is 0 Å². The first-order chi connectivity index (χ1) is 11.2. The van der Waals surface area contributed by atoms with E-state index in [2.05, 4.69) is 22.5 Å². The third kappa shape index (κ3) is 4.42. The number of benzene rings is 1. The summed E-state index contributed by atoms with van der Waals surface area (Å²) in [4.78, 5) is 12.2. The highest BCUT2D eigenvalue weighted by Gasteiger charge is 2.21.